The molecule has 1 fully saturated rings. The average Bonchev–Trinajstić information content (AvgIpc) is 2.87. The van der Waals surface area contributed by atoms with Gasteiger partial charge in [0.05, 0.1) is 28.6 Å². The second-order valence-electron chi connectivity index (χ2n) is 8.74. The lowest BCUT2D eigenvalue weighted by atomic mass is 10.0. The van der Waals surface area contributed by atoms with Gasteiger partial charge in [0.15, 0.2) is 11.5 Å². The van der Waals surface area contributed by atoms with Crippen molar-refractivity contribution in [3.05, 3.63) is 89.5 Å². The summed E-state index contributed by atoms with van der Waals surface area (Å²) in [5.41, 5.74) is 3.06. The van der Waals surface area contributed by atoms with E-state index in [-0.39, 0.29) is 24.0 Å². The number of nitrogens with zero attached hydrogens (tertiary/aromatic N) is 4. The van der Waals surface area contributed by atoms with Crippen molar-refractivity contribution >= 4 is 34.7 Å². The Hall–Kier alpha value is -3.35. The maximum Gasteiger partial charge on any atom is 0.261 e. The van der Waals surface area contributed by atoms with Crippen LogP contribution in [-0.2, 0) is 0 Å². The molecule has 1 aromatic heterocycles. The number of benzene rings is 3. The number of likely N-dealkylation sites (tertiary alicyclic amines) is 1. The van der Waals surface area contributed by atoms with E-state index in [1.54, 1.807) is 6.33 Å². The number of halogens is 1. The Morgan fingerprint density at radius 2 is 1.44 bits per heavy atom. The van der Waals surface area contributed by atoms with Crippen LogP contribution in [0.5, 0.6) is 11.5 Å². The molecule has 2 aliphatic heterocycles. The van der Waals surface area contributed by atoms with Crippen molar-refractivity contribution in [2.45, 2.75) is 18.9 Å². The first-order valence-corrected chi connectivity index (χ1v) is 11.6. The van der Waals surface area contributed by atoms with Gasteiger partial charge >= 0.3 is 0 Å². The monoisotopic (exact) mass is 474 g/mol. The second-order valence-corrected chi connectivity index (χ2v) is 8.74. The maximum absolute atomic E-state index is 13.0. The van der Waals surface area contributed by atoms with Crippen molar-refractivity contribution in [1.29, 1.82) is 0 Å². The molecule has 1 saturated heterocycles. The van der Waals surface area contributed by atoms with Gasteiger partial charge in [0, 0.05) is 32.2 Å². The molecule has 3 heterocycles. The predicted octanol–water partition coefficient (Wildman–Crippen LogP) is 5.40. The molecule has 0 N–H and O–H groups in total. The van der Waals surface area contributed by atoms with Crippen molar-refractivity contribution in [3.63, 3.8) is 0 Å². The first-order chi connectivity index (χ1) is 16.3. The molecule has 0 unspecified atom stereocenters. The molecule has 0 saturated carbocycles. The number of hydrogen-bond acceptors (Lipinski definition) is 5. The topological polar surface area (TPSA) is 50.6 Å². The molecule has 6 rings (SSSR count). The van der Waals surface area contributed by atoms with Gasteiger partial charge in [-0.15, -0.1) is 12.4 Å². The molecule has 34 heavy (non-hydrogen) atoms. The molecule has 0 radical (unpaired) electrons. The standard InChI is InChI=1S/C27H26N4O2.ClH/c32-27-21-7-1-2-8-22(21)28-19-31(27)20-13-15-29(16-14-20)17-18-30-23-9-3-5-11-25(23)33-26-12-6-4-10-24(26)30;/h1-12,19-20H,13-18H2;1H. The van der Waals surface area contributed by atoms with Gasteiger partial charge in [-0.25, -0.2) is 4.98 Å². The summed E-state index contributed by atoms with van der Waals surface area (Å²) in [7, 11) is 0. The molecule has 0 atom stereocenters. The van der Waals surface area contributed by atoms with Crippen LogP contribution in [0.2, 0.25) is 0 Å². The minimum Gasteiger partial charge on any atom is -0.453 e. The predicted molar refractivity (Wildman–Crippen MR) is 138 cm³/mol. The van der Waals surface area contributed by atoms with Gasteiger partial charge in [0.2, 0.25) is 0 Å². The highest BCUT2D eigenvalue weighted by Gasteiger charge is 2.26. The third-order valence-electron chi connectivity index (χ3n) is 6.81. The SMILES string of the molecule is Cl.O=c1c2ccccc2ncn1C1CCN(CCN2c3ccccc3Oc3ccccc32)CC1. The molecule has 2 aliphatic rings. The first kappa shape index (κ1) is 22.4. The molecule has 0 aliphatic carbocycles. The number of ether oxygens (including phenoxy) is 1. The summed E-state index contributed by atoms with van der Waals surface area (Å²) in [5.74, 6) is 1.80. The minimum absolute atomic E-state index is 0. The summed E-state index contributed by atoms with van der Waals surface area (Å²) in [4.78, 5) is 22.3. The highest BCUT2D eigenvalue weighted by atomic mass is 35.5. The van der Waals surface area contributed by atoms with E-state index in [9.17, 15) is 4.79 Å². The highest BCUT2D eigenvalue weighted by Crippen LogP contribution is 2.46. The van der Waals surface area contributed by atoms with E-state index in [1.165, 1.54) is 0 Å². The lowest BCUT2D eigenvalue weighted by Gasteiger charge is -2.36. The van der Waals surface area contributed by atoms with Gasteiger partial charge in [-0.1, -0.05) is 36.4 Å². The molecule has 0 bridgehead atoms. The molecular weight excluding hydrogens is 448 g/mol. The summed E-state index contributed by atoms with van der Waals surface area (Å²) in [6.07, 6.45) is 3.64. The average molecular weight is 475 g/mol. The highest BCUT2D eigenvalue weighted by molar-refractivity contribution is 5.85. The van der Waals surface area contributed by atoms with E-state index < -0.39 is 0 Å². The van der Waals surface area contributed by atoms with Crippen LogP contribution in [0.3, 0.4) is 0 Å². The second kappa shape index (κ2) is 9.49. The number of para-hydroxylation sites is 5. The van der Waals surface area contributed by atoms with E-state index in [1.807, 2.05) is 53.1 Å². The molecular formula is C27H27ClN4O2. The summed E-state index contributed by atoms with van der Waals surface area (Å²) in [5, 5.41) is 0.701. The molecule has 3 aromatic carbocycles. The van der Waals surface area contributed by atoms with Crippen LogP contribution in [0, 0.1) is 0 Å². The maximum atomic E-state index is 13.0. The van der Waals surface area contributed by atoms with E-state index >= 15 is 0 Å². The van der Waals surface area contributed by atoms with Crippen molar-refractivity contribution in [3.8, 4) is 11.5 Å². The van der Waals surface area contributed by atoms with E-state index in [2.05, 4.69) is 39.0 Å². The van der Waals surface area contributed by atoms with Gasteiger partial charge in [-0.2, -0.15) is 0 Å². The Balaban J connectivity index is 0.00000241. The van der Waals surface area contributed by atoms with E-state index in [0.29, 0.717) is 5.39 Å². The quantitative estimate of drug-likeness (QED) is 0.396. The van der Waals surface area contributed by atoms with Crippen LogP contribution < -0.4 is 15.2 Å². The van der Waals surface area contributed by atoms with Crippen LogP contribution in [-0.4, -0.2) is 40.6 Å². The zero-order valence-corrected chi connectivity index (χ0v) is 19.7. The Morgan fingerprint density at radius 3 is 2.15 bits per heavy atom. The van der Waals surface area contributed by atoms with Crippen molar-refractivity contribution in [2.75, 3.05) is 31.1 Å². The van der Waals surface area contributed by atoms with Crippen LogP contribution in [0.1, 0.15) is 18.9 Å². The number of rotatable bonds is 4. The Morgan fingerprint density at radius 1 is 0.824 bits per heavy atom. The molecule has 7 heteroatoms. The number of piperidine rings is 1. The summed E-state index contributed by atoms with van der Waals surface area (Å²) >= 11 is 0. The number of fused-ring (bicyclic) bond motifs is 3. The molecule has 4 aromatic rings. The van der Waals surface area contributed by atoms with Crippen LogP contribution in [0.25, 0.3) is 10.9 Å². The summed E-state index contributed by atoms with van der Waals surface area (Å²) in [6.45, 7) is 3.79. The molecule has 0 spiro atoms. The summed E-state index contributed by atoms with van der Waals surface area (Å²) < 4.78 is 7.95. The van der Waals surface area contributed by atoms with E-state index in [4.69, 9.17) is 4.74 Å². The van der Waals surface area contributed by atoms with Crippen LogP contribution >= 0.6 is 12.4 Å². The van der Waals surface area contributed by atoms with Gasteiger partial charge in [-0.05, 0) is 49.2 Å². The fourth-order valence-electron chi connectivity index (χ4n) is 5.03. The zero-order valence-electron chi connectivity index (χ0n) is 18.8. The third-order valence-corrected chi connectivity index (χ3v) is 6.81. The zero-order chi connectivity index (χ0) is 22.2. The van der Waals surface area contributed by atoms with Crippen molar-refractivity contribution in [2.24, 2.45) is 0 Å². The van der Waals surface area contributed by atoms with Gasteiger partial charge < -0.3 is 14.5 Å². The fraction of sp³-hybridized carbons (Fsp3) is 0.259. The number of aromatic nitrogens is 2. The van der Waals surface area contributed by atoms with Crippen molar-refractivity contribution in [1.82, 2.24) is 14.5 Å². The van der Waals surface area contributed by atoms with Gasteiger partial charge in [-0.3, -0.25) is 9.36 Å². The minimum atomic E-state index is 0. The smallest absolute Gasteiger partial charge is 0.261 e. The number of hydrogen-bond donors (Lipinski definition) is 0. The molecule has 6 nitrogen and oxygen atoms in total. The normalized spacial score (nSPS) is 15.8. The lowest BCUT2D eigenvalue weighted by Crippen LogP contribution is -2.41. The molecule has 174 valence electrons. The molecule has 0 amide bonds. The van der Waals surface area contributed by atoms with Gasteiger partial charge in [0.25, 0.3) is 5.56 Å². The fourth-order valence-corrected chi connectivity index (χ4v) is 5.03. The summed E-state index contributed by atoms with van der Waals surface area (Å²) in [6, 6.07) is 24.2. The van der Waals surface area contributed by atoms with Gasteiger partial charge in [0.1, 0.15) is 0 Å². The van der Waals surface area contributed by atoms with Crippen molar-refractivity contribution < 1.29 is 4.74 Å². The Labute approximate surface area is 204 Å². The lowest BCUT2D eigenvalue weighted by molar-refractivity contribution is 0.188. The number of anilines is 2. The Kier molecular flexibility index (Phi) is 6.26. The third kappa shape index (κ3) is 4.04. The van der Waals surface area contributed by atoms with E-state index in [0.717, 1.165) is 67.4 Å². The van der Waals surface area contributed by atoms with Crippen LogP contribution in [0.15, 0.2) is 83.9 Å². The largest absolute Gasteiger partial charge is 0.453 e. The Bertz CT molecular complexity index is 1320. The van der Waals surface area contributed by atoms with Crippen LogP contribution in [0.4, 0.5) is 11.4 Å². The first-order valence-electron chi connectivity index (χ1n) is 11.6.